The first-order valence-electron chi connectivity index (χ1n) is 8.57. The Morgan fingerprint density at radius 1 is 0.852 bits per heavy atom. The van der Waals surface area contributed by atoms with Gasteiger partial charge in [0.25, 0.3) is 0 Å². The Bertz CT molecular complexity index is 1060. The van der Waals surface area contributed by atoms with Crippen LogP contribution in [0.2, 0.25) is 0 Å². The van der Waals surface area contributed by atoms with E-state index in [-0.39, 0.29) is 0 Å². The minimum absolute atomic E-state index is 0.347. The lowest BCUT2D eigenvalue weighted by Gasteiger charge is -2.11. The van der Waals surface area contributed by atoms with E-state index < -0.39 is 0 Å². The quantitative estimate of drug-likeness (QED) is 0.479. The molecule has 1 heterocycles. The molecule has 0 aliphatic rings. The van der Waals surface area contributed by atoms with Gasteiger partial charge in [0.15, 0.2) is 11.1 Å². The second-order valence-electron chi connectivity index (χ2n) is 5.95. The summed E-state index contributed by atoms with van der Waals surface area (Å²) in [4.78, 5) is 4.62. The van der Waals surface area contributed by atoms with Crippen LogP contribution in [0.1, 0.15) is 5.56 Å². The van der Waals surface area contributed by atoms with Gasteiger partial charge in [-0.15, -0.1) is 0 Å². The van der Waals surface area contributed by atoms with Crippen molar-refractivity contribution in [1.82, 2.24) is 4.98 Å². The number of rotatable bonds is 6. The number of aromatic nitrogens is 1. The number of benzene rings is 3. The first-order chi connectivity index (χ1) is 13.3. The van der Waals surface area contributed by atoms with Crippen molar-refractivity contribution in [3.63, 3.8) is 0 Å². The molecule has 0 radical (unpaired) electrons. The number of methoxy groups -OCH3 is 2. The van der Waals surface area contributed by atoms with Gasteiger partial charge in [-0.2, -0.15) is 0 Å². The number of nitrogens with zero attached hydrogens (tertiary/aromatic N) is 1. The van der Waals surface area contributed by atoms with Gasteiger partial charge in [-0.3, -0.25) is 0 Å². The highest BCUT2D eigenvalue weighted by Crippen LogP contribution is 2.31. The standard InChI is InChI=1S/C22H19NO4/c1-24-17-12-11-16(20(13-17)25-2)14-26-18-9-6-10-19-21(18)23-22(27-19)15-7-4-3-5-8-15/h3-13H,14H2,1-2H3. The van der Waals surface area contributed by atoms with Crippen molar-refractivity contribution in [2.45, 2.75) is 6.61 Å². The molecule has 0 aliphatic carbocycles. The molecule has 0 atom stereocenters. The molecule has 0 unspecified atom stereocenters. The van der Waals surface area contributed by atoms with Crippen LogP contribution in [0.15, 0.2) is 71.1 Å². The molecule has 0 fully saturated rings. The van der Waals surface area contributed by atoms with Crippen LogP contribution >= 0.6 is 0 Å². The second kappa shape index (κ2) is 7.41. The van der Waals surface area contributed by atoms with Crippen LogP contribution in [-0.2, 0) is 6.61 Å². The topological polar surface area (TPSA) is 53.7 Å². The molecule has 27 heavy (non-hydrogen) atoms. The molecule has 0 spiro atoms. The lowest BCUT2D eigenvalue weighted by molar-refractivity contribution is 0.298. The van der Waals surface area contributed by atoms with Gasteiger partial charge in [0.1, 0.15) is 23.9 Å². The Labute approximate surface area is 157 Å². The third-order valence-corrected chi connectivity index (χ3v) is 4.28. The number of hydrogen-bond acceptors (Lipinski definition) is 5. The highest BCUT2D eigenvalue weighted by molar-refractivity contribution is 5.82. The van der Waals surface area contributed by atoms with Crippen LogP contribution in [0.3, 0.4) is 0 Å². The molecule has 1 aromatic heterocycles. The second-order valence-corrected chi connectivity index (χ2v) is 5.95. The Morgan fingerprint density at radius 2 is 1.70 bits per heavy atom. The Balaban J connectivity index is 1.62. The Morgan fingerprint density at radius 3 is 2.48 bits per heavy atom. The minimum atomic E-state index is 0.347. The molecule has 0 saturated carbocycles. The van der Waals surface area contributed by atoms with Gasteiger partial charge < -0.3 is 18.6 Å². The molecule has 136 valence electrons. The zero-order valence-electron chi connectivity index (χ0n) is 15.1. The van der Waals surface area contributed by atoms with Gasteiger partial charge in [-0.25, -0.2) is 4.98 Å². The van der Waals surface area contributed by atoms with E-state index in [1.165, 1.54) is 0 Å². The number of para-hydroxylation sites is 1. The van der Waals surface area contributed by atoms with E-state index in [1.54, 1.807) is 14.2 Å². The van der Waals surface area contributed by atoms with Gasteiger partial charge in [-0.1, -0.05) is 24.3 Å². The Hall–Kier alpha value is -3.47. The molecule has 5 heteroatoms. The van der Waals surface area contributed by atoms with E-state index in [1.807, 2.05) is 66.7 Å². The average Bonchev–Trinajstić information content (AvgIpc) is 3.17. The predicted octanol–water partition coefficient (Wildman–Crippen LogP) is 5.09. The summed E-state index contributed by atoms with van der Waals surface area (Å²) in [6.07, 6.45) is 0. The minimum Gasteiger partial charge on any atom is -0.497 e. The fraction of sp³-hybridized carbons (Fsp3) is 0.136. The lowest BCUT2D eigenvalue weighted by Crippen LogP contribution is -1.99. The van der Waals surface area contributed by atoms with Crippen LogP contribution in [0, 0.1) is 0 Å². The third kappa shape index (κ3) is 3.44. The normalized spacial score (nSPS) is 10.7. The highest BCUT2D eigenvalue weighted by atomic mass is 16.5. The highest BCUT2D eigenvalue weighted by Gasteiger charge is 2.13. The molecular formula is C22H19NO4. The summed E-state index contributed by atoms with van der Waals surface area (Å²) in [6.45, 7) is 0.347. The summed E-state index contributed by atoms with van der Waals surface area (Å²) in [5.74, 6) is 2.69. The van der Waals surface area contributed by atoms with Gasteiger partial charge in [0, 0.05) is 17.2 Å². The van der Waals surface area contributed by atoms with Crippen molar-refractivity contribution in [3.8, 4) is 28.7 Å². The summed E-state index contributed by atoms with van der Waals surface area (Å²) >= 11 is 0. The van der Waals surface area contributed by atoms with E-state index in [9.17, 15) is 0 Å². The smallest absolute Gasteiger partial charge is 0.227 e. The van der Waals surface area contributed by atoms with Gasteiger partial charge >= 0.3 is 0 Å². The molecule has 3 aromatic carbocycles. The average molecular weight is 361 g/mol. The first-order valence-corrected chi connectivity index (χ1v) is 8.57. The zero-order valence-corrected chi connectivity index (χ0v) is 15.1. The van der Waals surface area contributed by atoms with E-state index in [0.29, 0.717) is 35.1 Å². The van der Waals surface area contributed by atoms with E-state index >= 15 is 0 Å². The summed E-state index contributed by atoms with van der Waals surface area (Å²) in [6, 6.07) is 21.1. The lowest BCUT2D eigenvalue weighted by atomic mass is 10.2. The first kappa shape index (κ1) is 17.0. The maximum Gasteiger partial charge on any atom is 0.227 e. The van der Waals surface area contributed by atoms with Gasteiger partial charge in [0.2, 0.25) is 5.89 Å². The largest absolute Gasteiger partial charge is 0.497 e. The van der Waals surface area contributed by atoms with Crippen molar-refractivity contribution >= 4 is 11.1 Å². The van der Waals surface area contributed by atoms with E-state index in [4.69, 9.17) is 18.6 Å². The van der Waals surface area contributed by atoms with Gasteiger partial charge in [0.05, 0.1) is 14.2 Å². The fourth-order valence-electron chi connectivity index (χ4n) is 2.87. The molecule has 0 bridgehead atoms. The number of ether oxygens (including phenoxy) is 3. The predicted molar refractivity (Wildman–Crippen MR) is 103 cm³/mol. The van der Waals surface area contributed by atoms with Gasteiger partial charge in [-0.05, 0) is 36.4 Å². The fourth-order valence-corrected chi connectivity index (χ4v) is 2.87. The maximum absolute atomic E-state index is 6.03. The molecule has 0 saturated heterocycles. The monoisotopic (exact) mass is 361 g/mol. The van der Waals surface area contributed by atoms with Crippen LogP contribution in [0.25, 0.3) is 22.6 Å². The number of oxazole rings is 1. The van der Waals surface area contributed by atoms with Crippen LogP contribution in [0.5, 0.6) is 17.2 Å². The van der Waals surface area contributed by atoms with E-state index in [0.717, 1.165) is 16.9 Å². The SMILES string of the molecule is COc1ccc(COc2cccc3oc(-c4ccccc4)nc23)c(OC)c1. The van der Waals surface area contributed by atoms with Crippen molar-refractivity contribution in [1.29, 1.82) is 0 Å². The van der Waals surface area contributed by atoms with Crippen LogP contribution in [-0.4, -0.2) is 19.2 Å². The molecule has 4 rings (SSSR count). The Kier molecular flexibility index (Phi) is 4.66. The van der Waals surface area contributed by atoms with Crippen molar-refractivity contribution in [2.24, 2.45) is 0 Å². The third-order valence-electron chi connectivity index (χ3n) is 4.28. The number of hydrogen-bond donors (Lipinski definition) is 0. The van der Waals surface area contributed by atoms with Crippen molar-refractivity contribution in [3.05, 3.63) is 72.3 Å². The molecular weight excluding hydrogens is 342 g/mol. The number of fused-ring (bicyclic) bond motifs is 1. The summed E-state index contributed by atoms with van der Waals surface area (Å²) in [7, 11) is 3.25. The van der Waals surface area contributed by atoms with E-state index in [2.05, 4.69) is 4.98 Å². The van der Waals surface area contributed by atoms with Crippen molar-refractivity contribution < 1.29 is 18.6 Å². The molecule has 5 nitrogen and oxygen atoms in total. The maximum atomic E-state index is 6.03. The molecule has 4 aromatic rings. The zero-order chi connectivity index (χ0) is 18.6. The molecule has 0 N–H and O–H groups in total. The molecule has 0 amide bonds. The van der Waals surface area contributed by atoms with Crippen molar-refractivity contribution in [2.75, 3.05) is 14.2 Å². The summed E-state index contributed by atoms with van der Waals surface area (Å²) < 4.78 is 22.6. The van der Waals surface area contributed by atoms with Crippen LogP contribution in [0.4, 0.5) is 0 Å². The molecule has 0 aliphatic heterocycles. The van der Waals surface area contributed by atoms with Crippen LogP contribution < -0.4 is 14.2 Å². The summed E-state index contributed by atoms with van der Waals surface area (Å²) in [5.41, 5.74) is 3.23. The summed E-state index contributed by atoms with van der Waals surface area (Å²) in [5, 5.41) is 0.